The number of ether oxygens (including phenoxy) is 2. The Balaban J connectivity index is 1.81. The zero-order chi connectivity index (χ0) is 17.5. The molecule has 1 unspecified atom stereocenters. The molecule has 5 atom stereocenters. The molecule has 3 aliphatic rings. The number of epoxide rings is 1. The van der Waals surface area contributed by atoms with Gasteiger partial charge in [0.25, 0.3) is 0 Å². The summed E-state index contributed by atoms with van der Waals surface area (Å²) in [4.78, 5) is 24.8. The monoisotopic (exact) mass is 332 g/mol. The molecule has 2 saturated heterocycles. The molecule has 3 rings (SSSR count). The largest absolute Gasteiger partial charge is 0.450 e. The number of carbonyl (C=O) groups is 2. The standard InChI is InChI=1S/C20H28O4/c1-12-7-5-9-13(2)17(21)18-15(14(3)19(22)23-18)11-16-20(4,24-16)10-6-8-12/h8,13,15-16,18H,3,5-7,9-11H2,1-2,4H3/b12-8+/t13-,15-,16-,18+,20?/m0/s1. The van der Waals surface area contributed by atoms with Gasteiger partial charge in [-0.3, -0.25) is 4.79 Å². The highest BCUT2D eigenvalue weighted by molar-refractivity contribution is 5.98. The van der Waals surface area contributed by atoms with Gasteiger partial charge in [-0.25, -0.2) is 4.79 Å². The van der Waals surface area contributed by atoms with Crippen molar-refractivity contribution in [3.63, 3.8) is 0 Å². The summed E-state index contributed by atoms with van der Waals surface area (Å²) < 4.78 is 11.3. The van der Waals surface area contributed by atoms with Crippen LogP contribution < -0.4 is 0 Å². The number of Topliss-reactive ketones (excluding diaryl/α,β-unsaturated/α-hetero) is 1. The fourth-order valence-electron chi connectivity index (χ4n) is 3.99. The highest BCUT2D eigenvalue weighted by Gasteiger charge is 2.55. The van der Waals surface area contributed by atoms with Crippen LogP contribution >= 0.6 is 0 Å². The summed E-state index contributed by atoms with van der Waals surface area (Å²) in [6.07, 6.45) is 7.16. The summed E-state index contributed by atoms with van der Waals surface area (Å²) in [5.41, 5.74) is 1.67. The van der Waals surface area contributed by atoms with Gasteiger partial charge in [0.05, 0.1) is 11.7 Å². The Kier molecular flexibility index (Phi) is 4.69. The third-order valence-corrected chi connectivity index (χ3v) is 5.92. The first-order valence-corrected chi connectivity index (χ1v) is 9.09. The molecule has 0 amide bonds. The molecule has 24 heavy (non-hydrogen) atoms. The van der Waals surface area contributed by atoms with Gasteiger partial charge in [-0.2, -0.15) is 0 Å². The first kappa shape index (κ1) is 17.4. The first-order valence-electron chi connectivity index (χ1n) is 9.09. The Morgan fingerprint density at radius 2 is 2.08 bits per heavy atom. The minimum Gasteiger partial charge on any atom is -0.450 e. The molecule has 4 heteroatoms. The van der Waals surface area contributed by atoms with Crippen molar-refractivity contribution in [2.75, 3.05) is 0 Å². The van der Waals surface area contributed by atoms with Gasteiger partial charge in [-0.1, -0.05) is 25.2 Å². The number of hydrogen-bond acceptors (Lipinski definition) is 4. The first-order chi connectivity index (χ1) is 11.3. The van der Waals surface area contributed by atoms with Gasteiger partial charge in [-0.15, -0.1) is 0 Å². The van der Waals surface area contributed by atoms with Gasteiger partial charge in [-0.05, 0) is 52.4 Å². The highest BCUT2D eigenvalue weighted by atomic mass is 16.6. The van der Waals surface area contributed by atoms with E-state index in [1.807, 2.05) is 6.92 Å². The molecule has 2 heterocycles. The minimum atomic E-state index is -0.673. The zero-order valence-corrected chi connectivity index (χ0v) is 15.0. The van der Waals surface area contributed by atoms with Crippen LogP contribution in [0.25, 0.3) is 0 Å². The highest BCUT2D eigenvalue weighted by Crippen LogP contribution is 2.47. The van der Waals surface area contributed by atoms with E-state index in [2.05, 4.69) is 26.5 Å². The number of ketones is 1. The van der Waals surface area contributed by atoms with Crippen LogP contribution in [0, 0.1) is 11.8 Å². The van der Waals surface area contributed by atoms with Gasteiger partial charge < -0.3 is 9.47 Å². The van der Waals surface area contributed by atoms with Crippen LogP contribution in [-0.4, -0.2) is 29.6 Å². The Labute approximate surface area is 144 Å². The van der Waals surface area contributed by atoms with E-state index in [1.165, 1.54) is 5.57 Å². The van der Waals surface area contributed by atoms with Crippen LogP contribution in [0.4, 0.5) is 0 Å². The van der Waals surface area contributed by atoms with Crippen molar-refractivity contribution in [1.29, 1.82) is 0 Å². The smallest absolute Gasteiger partial charge is 0.334 e. The molecule has 0 aromatic rings. The second-order valence-electron chi connectivity index (χ2n) is 7.90. The second kappa shape index (κ2) is 6.47. The van der Waals surface area contributed by atoms with E-state index in [-0.39, 0.29) is 29.3 Å². The molecule has 0 radical (unpaired) electrons. The molecule has 0 aromatic heterocycles. The van der Waals surface area contributed by atoms with E-state index < -0.39 is 12.1 Å². The van der Waals surface area contributed by atoms with Gasteiger partial charge in [0.1, 0.15) is 0 Å². The van der Waals surface area contributed by atoms with Gasteiger partial charge in [0, 0.05) is 17.4 Å². The zero-order valence-electron chi connectivity index (χ0n) is 15.0. The molecule has 132 valence electrons. The summed E-state index contributed by atoms with van der Waals surface area (Å²) in [7, 11) is 0. The number of esters is 1. The molecule has 4 nitrogen and oxygen atoms in total. The molecular weight excluding hydrogens is 304 g/mol. The predicted octanol–water partition coefficient (Wildman–Crippen LogP) is 3.75. The van der Waals surface area contributed by atoms with Crippen molar-refractivity contribution >= 4 is 11.8 Å². The number of fused-ring (bicyclic) bond motifs is 2. The van der Waals surface area contributed by atoms with Crippen molar-refractivity contribution in [3.05, 3.63) is 23.8 Å². The van der Waals surface area contributed by atoms with Gasteiger partial charge >= 0.3 is 5.97 Å². The van der Waals surface area contributed by atoms with E-state index in [4.69, 9.17) is 9.47 Å². The SMILES string of the molecule is C=C1C(=O)O[C@H]2C(=O)[C@@H](C)CCC/C(C)=C/CCC3(C)O[C@H]3C[C@@H]12. The average molecular weight is 332 g/mol. The number of rotatable bonds is 0. The molecule has 0 saturated carbocycles. The Bertz CT molecular complexity index is 590. The normalized spacial score (nSPS) is 43.1. The molecule has 0 N–H and O–H groups in total. The maximum atomic E-state index is 12.8. The lowest BCUT2D eigenvalue weighted by Crippen LogP contribution is -2.33. The molecule has 0 spiro atoms. The average Bonchev–Trinajstić information content (AvgIpc) is 3.08. The number of hydrogen-bond donors (Lipinski definition) is 0. The van der Waals surface area contributed by atoms with Crippen LogP contribution in [-0.2, 0) is 19.1 Å². The Hall–Kier alpha value is -1.42. The van der Waals surface area contributed by atoms with Gasteiger partial charge in [0.15, 0.2) is 11.9 Å². The predicted molar refractivity (Wildman–Crippen MR) is 91.4 cm³/mol. The summed E-state index contributed by atoms with van der Waals surface area (Å²) in [6.45, 7) is 10.1. The summed E-state index contributed by atoms with van der Waals surface area (Å²) in [6, 6.07) is 0. The third-order valence-electron chi connectivity index (χ3n) is 5.92. The fraction of sp³-hybridized carbons (Fsp3) is 0.700. The van der Waals surface area contributed by atoms with Crippen LogP contribution in [0.2, 0.25) is 0 Å². The van der Waals surface area contributed by atoms with E-state index in [1.54, 1.807) is 0 Å². The third kappa shape index (κ3) is 3.34. The van der Waals surface area contributed by atoms with Crippen molar-refractivity contribution in [2.24, 2.45) is 11.8 Å². The Morgan fingerprint density at radius 1 is 1.33 bits per heavy atom. The van der Waals surface area contributed by atoms with E-state index in [0.717, 1.165) is 32.1 Å². The van der Waals surface area contributed by atoms with E-state index in [9.17, 15) is 9.59 Å². The summed E-state index contributed by atoms with van der Waals surface area (Å²) >= 11 is 0. The lowest BCUT2D eigenvalue weighted by Gasteiger charge is -2.20. The summed E-state index contributed by atoms with van der Waals surface area (Å²) in [5, 5.41) is 0. The quantitative estimate of drug-likeness (QED) is 0.293. The number of allylic oxidation sites excluding steroid dienone is 2. The van der Waals surface area contributed by atoms with Gasteiger partial charge in [0.2, 0.25) is 0 Å². The van der Waals surface area contributed by atoms with Crippen molar-refractivity contribution in [1.82, 2.24) is 0 Å². The lowest BCUT2D eigenvalue weighted by atomic mass is 9.82. The maximum Gasteiger partial charge on any atom is 0.334 e. The maximum absolute atomic E-state index is 12.8. The molecule has 1 aliphatic carbocycles. The molecule has 2 aliphatic heterocycles. The molecule has 0 aromatic carbocycles. The van der Waals surface area contributed by atoms with E-state index in [0.29, 0.717) is 12.0 Å². The van der Waals surface area contributed by atoms with Crippen LogP contribution in [0.5, 0.6) is 0 Å². The molecule has 0 bridgehead atoms. The molecular formula is C20H28O4. The minimum absolute atomic E-state index is 0.0352. The number of carbonyl (C=O) groups excluding carboxylic acids is 2. The van der Waals surface area contributed by atoms with Crippen molar-refractivity contribution < 1.29 is 19.1 Å². The van der Waals surface area contributed by atoms with E-state index >= 15 is 0 Å². The van der Waals surface area contributed by atoms with Crippen molar-refractivity contribution in [3.8, 4) is 0 Å². The van der Waals surface area contributed by atoms with Crippen LogP contribution in [0.3, 0.4) is 0 Å². The fourth-order valence-corrected chi connectivity index (χ4v) is 3.99. The second-order valence-corrected chi connectivity index (χ2v) is 7.90. The molecule has 2 fully saturated rings. The van der Waals surface area contributed by atoms with Crippen molar-refractivity contribution in [2.45, 2.75) is 77.1 Å². The summed E-state index contributed by atoms with van der Waals surface area (Å²) in [5.74, 6) is -0.722. The lowest BCUT2D eigenvalue weighted by molar-refractivity contribution is -0.148. The Morgan fingerprint density at radius 3 is 2.83 bits per heavy atom. The topological polar surface area (TPSA) is 55.9 Å². The van der Waals surface area contributed by atoms with Crippen LogP contribution in [0.1, 0.15) is 59.3 Å². The van der Waals surface area contributed by atoms with Crippen LogP contribution in [0.15, 0.2) is 23.8 Å².